The van der Waals surface area contributed by atoms with Gasteiger partial charge >= 0.3 is 0 Å². The molecule has 8 heteroatoms. The number of allylic oxidation sites excluding steroid dienone is 4. The van der Waals surface area contributed by atoms with Crippen molar-refractivity contribution in [3.05, 3.63) is 64.0 Å². The van der Waals surface area contributed by atoms with Gasteiger partial charge in [0.05, 0.1) is 17.7 Å². The number of nitrogens with two attached hydrogens (primary N) is 1. The van der Waals surface area contributed by atoms with Gasteiger partial charge in [-0.25, -0.2) is 0 Å². The van der Waals surface area contributed by atoms with Crippen molar-refractivity contribution in [3.63, 3.8) is 0 Å². The van der Waals surface area contributed by atoms with Crippen LogP contribution >= 0.6 is 12.2 Å². The third-order valence-electron chi connectivity index (χ3n) is 3.02. The van der Waals surface area contributed by atoms with E-state index in [4.69, 9.17) is 22.7 Å². The summed E-state index contributed by atoms with van der Waals surface area (Å²) in [5, 5.41) is 17.1. The second-order valence-corrected chi connectivity index (χ2v) is 5.10. The smallest absolute Gasteiger partial charge is 0.271 e. The molecule has 0 saturated heterocycles. The quantitative estimate of drug-likeness (QED) is 0.442. The van der Waals surface area contributed by atoms with Gasteiger partial charge in [-0.1, -0.05) is 12.2 Å². The van der Waals surface area contributed by atoms with E-state index in [1.165, 1.54) is 25.3 Å². The highest BCUT2D eigenvalue weighted by Gasteiger charge is 2.13. The van der Waals surface area contributed by atoms with Crippen LogP contribution in [0.4, 0.5) is 11.4 Å². The molecule has 0 bridgehead atoms. The van der Waals surface area contributed by atoms with Gasteiger partial charge in [0, 0.05) is 29.9 Å². The van der Waals surface area contributed by atoms with E-state index in [1.807, 2.05) is 12.2 Å². The van der Waals surface area contributed by atoms with E-state index in [9.17, 15) is 10.1 Å². The van der Waals surface area contributed by atoms with Crippen LogP contribution in [-0.2, 0) is 0 Å². The van der Waals surface area contributed by atoms with Crippen molar-refractivity contribution in [2.45, 2.75) is 6.42 Å². The largest absolute Gasteiger partial charge is 0.495 e. The lowest BCUT2D eigenvalue weighted by molar-refractivity contribution is -0.384. The average Bonchev–Trinajstić information content (AvgIpc) is 2.71. The molecule has 0 heterocycles. The molecule has 7 nitrogen and oxygen atoms in total. The molecule has 4 N–H and O–H groups in total. The summed E-state index contributed by atoms with van der Waals surface area (Å²) in [5.74, 6) is 0.453. The molecule has 1 aliphatic carbocycles. The molecule has 0 aromatic heterocycles. The Labute approximate surface area is 138 Å². The molecule has 1 aliphatic rings. The monoisotopic (exact) mass is 332 g/mol. The summed E-state index contributed by atoms with van der Waals surface area (Å²) >= 11 is 5.24. The zero-order valence-electron chi connectivity index (χ0n) is 12.4. The summed E-state index contributed by atoms with van der Waals surface area (Å²) in [6.07, 6.45) is 8.01. The highest BCUT2D eigenvalue weighted by Crippen LogP contribution is 2.28. The first-order valence-electron chi connectivity index (χ1n) is 6.73. The molecule has 1 aromatic rings. The van der Waals surface area contributed by atoms with Gasteiger partial charge in [-0.05, 0) is 30.4 Å². The van der Waals surface area contributed by atoms with Crippen LogP contribution in [0.3, 0.4) is 0 Å². The van der Waals surface area contributed by atoms with Gasteiger partial charge in [0.15, 0.2) is 5.11 Å². The number of ether oxygens (including phenoxy) is 1. The first-order valence-corrected chi connectivity index (χ1v) is 7.13. The third-order valence-corrected chi connectivity index (χ3v) is 3.22. The summed E-state index contributed by atoms with van der Waals surface area (Å²) in [7, 11) is 1.48. The zero-order chi connectivity index (χ0) is 16.8. The second kappa shape index (κ2) is 7.41. The number of methoxy groups -OCH3 is 1. The Bertz CT molecular complexity index is 725. The Morgan fingerprint density at radius 1 is 1.43 bits per heavy atom. The molecule has 2 rings (SSSR count). The number of hydrogen-bond donors (Lipinski definition) is 3. The molecule has 120 valence electrons. The molecule has 0 spiro atoms. The van der Waals surface area contributed by atoms with Crippen LogP contribution in [0, 0.1) is 10.1 Å². The number of hydrogen-bond acceptors (Lipinski definition) is 5. The third kappa shape index (κ3) is 4.55. The normalized spacial score (nSPS) is 13.4. The van der Waals surface area contributed by atoms with Crippen LogP contribution in [0.25, 0.3) is 0 Å². The summed E-state index contributed by atoms with van der Waals surface area (Å²) in [5.41, 5.74) is 7.56. The zero-order valence-corrected chi connectivity index (χ0v) is 13.2. The molecule has 0 fully saturated rings. The minimum Gasteiger partial charge on any atom is -0.495 e. The lowest BCUT2D eigenvalue weighted by Crippen LogP contribution is -2.28. The summed E-state index contributed by atoms with van der Waals surface area (Å²) in [6.45, 7) is 0. The van der Waals surface area contributed by atoms with Crippen LogP contribution in [0.15, 0.2) is 53.9 Å². The standard InChI is InChI=1S/C15H16N4O3S/c1-22-14-7-6-12(19(20)21)9-13(14)18-15(23)17-11-5-3-2-4-10(16)8-11/h2-4,6-9H,5,16H2,1H3,(H2,17,18,23). The molecule has 0 radical (unpaired) electrons. The van der Waals surface area contributed by atoms with Crippen molar-refractivity contribution in [1.29, 1.82) is 0 Å². The Hall–Kier alpha value is -2.87. The number of anilines is 1. The summed E-state index contributed by atoms with van der Waals surface area (Å²) in [4.78, 5) is 10.4. The van der Waals surface area contributed by atoms with E-state index >= 15 is 0 Å². The van der Waals surface area contributed by atoms with Crippen molar-refractivity contribution in [2.75, 3.05) is 12.4 Å². The van der Waals surface area contributed by atoms with Crippen LogP contribution in [0.2, 0.25) is 0 Å². The van der Waals surface area contributed by atoms with Gasteiger partial charge in [0.25, 0.3) is 5.69 Å². The molecule has 0 amide bonds. The Kier molecular flexibility index (Phi) is 5.32. The summed E-state index contributed by atoms with van der Waals surface area (Å²) < 4.78 is 5.18. The number of nitro benzene ring substituents is 1. The van der Waals surface area contributed by atoms with Crippen molar-refractivity contribution in [2.24, 2.45) is 5.73 Å². The Morgan fingerprint density at radius 2 is 2.22 bits per heavy atom. The lowest BCUT2D eigenvalue weighted by Gasteiger charge is -2.14. The molecular weight excluding hydrogens is 316 g/mol. The minimum atomic E-state index is -0.481. The first-order chi connectivity index (χ1) is 11.0. The number of nitrogens with zero attached hydrogens (tertiary/aromatic N) is 1. The maximum atomic E-state index is 10.9. The Balaban J connectivity index is 2.13. The number of nitrogens with one attached hydrogen (secondary N) is 2. The highest BCUT2D eigenvalue weighted by atomic mass is 32.1. The van der Waals surface area contributed by atoms with E-state index < -0.39 is 4.92 Å². The van der Waals surface area contributed by atoms with Crippen LogP contribution in [0.5, 0.6) is 5.75 Å². The van der Waals surface area contributed by atoms with Crippen molar-refractivity contribution >= 4 is 28.7 Å². The fourth-order valence-electron chi connectivity index (χ4n) is 1.98. The molecule has 23 heavy (non-hydrogen) atoms. The van der Waals surface area contributed by atoms with Crippen molar-refractivity contribution in [3.8, 4) is 5.75 Å². The van der Waals surface area contributed by atoms with Crippen molar-refractivity contribution in [1.82, 2.24) is 5.32 Å². The van der Waals surface area contributed by atoms with Crippen LogP contribution in [-0.4, -0.2) is 17.1 Å². The average molecular weight is 332 g/mol. The topological polar surface area (TPSA) is 102 Å². The number of non-ortho nitro benzene ring substituents is 1. The van der Waals surface area contributed by atoms with Crippen LogP contribution in [0.1, 0.15) is 6.42 Å². The minimum absolute atomic E-state index is 0.0557. The number of thiocarbonyl (C=S) groups is 1. The first kappa shape index (κ1) is 16.5. The fourth-order valence-corrected chi connectivity index (χ4v) is 2.22. The maximum absolute atomic E-state index is 10.9. The lowest BCUT2D eigenvalue weighted by atomic mass is 10.2. The highest BCUT2D eigenvalue weighted by molar-refractivity contribution is 7.80. The van der Waals surface area contributed by atoms with Gasteiger partial charge in [-0.3, -0.25) is 10.1 Å². The van der Waals surface area contributed by atoms with Gasteiger partial charge in [-0.2, -0.15) is 0 Å². The van der Waals surface area contributed by atoms with Gasteiger partial charge in [0.2, 0.25) is 0 Å². The molecule has 0 saturated carbocycles. The number of nitro groups is 1. The van der Waals surface area contributed by atoms with Crippen molar-refractivity contribution < 1.29 is 9.66 Å². The number of rotatable bonds is 4. The molecule has 0 atom stereocenters. The van der Waals surface area contributed by atoms with E-state index in [0.29, 0.717) is 23.6 Å². The predicted octanol–water partition coefficient (Wildman–Crippen LogP) is 2.58. The van der Waals surface area contributed by atoms with E-state index in [0.717, 1.165) is 5.70 Å². The Morgan fingerprint density at radius 3 is 2.91 bits per heavy atom. The molecule has 0 aliphatic heterocycles. The van der Waals surface area contributed by atoms with Crippen LogP contribution < -0.4 is 21.1 Å². The van der Waals surface area contributed by atoms with E-state index in [2.05, 4.69) is 10.6 Å². The van der Waals surface area contributed by atoms with Gasteiger partial charge < -0.3 is 21.1 Å². The molecule has 1 aromatic carbocycles. The summed E-state index contributed by atoms with van der Waals surface area (Å²) in [6, 6.07) is 4.24. The maximum Gasteiger partial charge on any atom is 0.271 e. The second-order valence-electron chi connectivity index (χ2n) is 4.69. The predicted molar refractivity (Wildman–Crippen MR) is 93.1 cm³/mol. The molecular formula is C15H16N4O3S. The number of benzene rings is 1. The van der Waals surface area contributed by atoms with E-state index in [-0.39, 0.29) is 10.8 Å². The van der Waals surface area contributed by atoms with E-state index in [1.54, 1.807) is 12.2 Å². The fraction of sp³-hybridized carbons (Fsp3) is 0.133. The SMILES string of the molecule is COc1ccc([N+](=O)[O-])cc1NC(=S)NC1=CC(N)=CC=CC1. The van der Waals surface area contributed by atoms with Gasteiger partial charge in [0.1, 0.15) is 5.75 Å². The van der Waals surface area contributed by atoms with Gasteiger partial charge in [-0.15, -0.1) is 0 Å². The molecule has 0 unspecified atom stereocenters.